The van der Waals surface area contributed by atoms with Gasteiger partial charge in [0, 0.05) is 12.6 Å². The van der Waals surface area contributed by atoms with E-state index in [0.29, 0.717) is 18.0 Å². The number of carbonyl (C=O) groups excluding carboxylic acids is 1. The zero-order valence-corrected chi connectivity index (χ0v) is 11.9. The van der Waals surface area contributed by atoms with E-state index in [0.717, 1.165) is 24.8 Å². The summed E-state index contributed by atoms with van der Waals surface area (Å²) in [6, 6.07) is 8.00. The van der Waals surface area contributed by atoms with Crippen molar-refractivity contribution in [1.82, 2.24) is 10.1 Å². The maximum absolute atomic E-state index is 13.1. The lowest BCUT2D eigenvalue weighted by atomic mass is 9.95. The number of nitrogens with zero attached hydrogens (tertiary/aromatic N) is 2. The molecule has 1 aromatic carbocycles. The molecule has 0 spiro atoms. The van der Waals surface area contributed by atoms with Crippen molar-refractivity contribution in [2.24, 2.45) is 0 Å². The second kappa shape index (κ2) is 5.68. The van der Waals surface area contributed by atoms with Gasteiger partial charge in [0.15, 0.2) is 5.69 Å². The van der Waals surface area contributed by atoms with Crippen LogP contribution in [0.5, 0.6) is 0 Å². The van der Waals surface area contributed by atoms with Crippen molar-refractivity contribution in [3.05, 3.63) is 53.2 Å². The number of carbonyl (C=O) groups is 1. The van der Waals surface area contributed by atoms with E-state index in [-0.39, 0.29) is 17.8 Å². The van der Waals surface area contributed by atoms with Gasteiger partial charge in [0.05, 0.1) is 6.04 Å². The minimum atomic E-state index is -0.264. The van der Waals surface area contributed by atoms with Gasteiger partial charge in [0.25, 0.3) is 5.91 Å². The molecule has 21 heavy (non-hydrogen) atoms. The Hall–Kier alpha value is -2.17. The molecule has 1 aliphatic heterocycles. The molecule has 0 bridgehead atoms. The Balaban J connectivity index is 1.87. The van der Waals surface area contributed by atoms with Gasteiger partial charge >= 0.3 is 0 Å². The molecule has 2 heterocycles. The molecule has 1 amide bonds. The minimum Gasteiger partial charge on any atom is -0.361 e. The average Bonchev–Trinajstić information content (AvgIpc) is 2.94. The molecule has 5 heteroatoms. The van der Waals surface area contributed by atoms with Crippen LogP contribution in [-0.2, 0) is 0 Å². The third-order valence-corrected chi connectivity index (χ3v) is 3.87. The summed E-state index contributed by atoms with van der Waals surface area (Å²) in [6.07, 6.45) is 2.91. The number of hydrogen-bond acceptors (Lipinski definition) is 3. The van der Waals surface area contributed by atoms with E-state index in [4.69, 9.17) is 4.52 Å². The molecular weight excluding hydrogens is 271 g/mol. The van der Waals surface area contributed by atoms with E-state index in [1.165, 1.54) is 12.1 Å². The van der Waals surface area contributed by atoms with Crippen molar-refractivity contribution >= 4 is 5.91 Å². The number of amides is 1. The van der Waals surface area contributed by atoms with Crippen molar-refractivity contribution in [2.75, 3.05) is 6.54 Å². The lowest BCUT2D eigenvalue weighted by Crippen LogP contribution is -2.38. The van der Waals surface area contributed by atoms with Crippen molar-refractivity contribution in [3.63, 3.8) is 0 Å². The van der Waals surface area contributed by atoms with Crippen molar-refractivity contribution in [1.29, 1.82) is 0 Å². The van der Waals surface area contributed by atoms with Crippen LogP contribution in [0.2, 0.25) is 0 Å². The van der Waals surface area contributed by atoms with Gasteiger partial charge in [0.2, 0.25) is 0 Å². The number of likely N-dealkylation sites (tertiary alicyclic amines) is 1. The topological polar surface area (TPSA) is 46.3 Å². The van der Waals surface area contributed by atoms with Crippen LogP contribution in [0, 0.1) is 12.7 Å². The Morgan fingerprint density at radius 1 is 1.33 bits per heavy atom. The van der Waals surface area contributed by atoms with Crippen LogP contribution in [-0.4, -0.2) is 22.5 Å². The van der Waals surface area contributed by atoms with Gasteiger partial charge in [-0.15, -0.1) is 0 Å². The summed E-state index contributed by atoms with van der Waals surface area (Å²) in [5, 5.41) is 3.81. The molecule has 110 valence electrons. The Morgan fingerprint density at radius 2 is 2.10 bits per heavy atom. The van der Waals surface area contributed by atoms with E-state index < -0.39 is 0 Å². The number of rotatable bonds is 2. The van der Waals surface area contributed by atoms with Crippen LogP contribution in [0.15, 0.2) is 34.9 Å². The molecule has 4 nitrogen and oxygen atoms in total. The van der Waals surface area contributed by atoms with Gasteiger partial charge in [-0.3, -0.25) is 4.79 Å². The monoisotopic (exact) mass is 288 g/mol. The number of piperidine rings is 1. The van der Waals surface area contributed by atoms with E-state index in [9.17, 15) is 9.18 Å². The number of benzene rings is 1. The van der Waals surface area contributed by atoms with E-state index in [1.807, 2.05) is 4.90 Å². The van der Waals surface area contributed by atoms with Gasteiger partial charge in [0.1, 0.15) is 11.6 Å². The average molecular weight is 288 g/mol. The predicted molar refractivity (Wildman–Crippen MR) is 75.3 cm³/mol. The van der Waals surface area contributed by atoms with Crippen LogP contribution in [0.25, 0.3) is 0 Å². The number of hydrogen-bond donors (Lipinski definition) is 0. The van der Waals surface area contributed by atoms with Gasteiger partial charge in [-0.25, -0.2) is 4.39 Å². The molecular formula is C16H17FN2O2. The summed E-state index contributed by atoms with van der Waals surface area (Å²) < 4.78 is 18.1. The third-order valence-electron chi connectivity index (χ3n) is 3.87. The lowest BCUT2D eigenvalue weighted by molar-refractivity contribution is 0.0601. The maximum atomic E-state index is 13.1. The molecule has 1 saturated heterocycles. The standard InChI is InChI=1S/C16H17FN2O2/c1-11-10-14(18-21-11)16(20)19-9-3-2-4-15(19)12-5-7-13(17)8-6-12/h5-8,10,15H,2-4,9H2,1H3/t15-/m1/s1. The Morgan fingerprint density at radius 3 is 2.76 bits per heavy atom. The highest BCUT2D eigenvalue weighted by molar-refractivity contribution is 5.92. The van der Waals surface area contributed by atoms with Gasteiger partial charge in [-0.05, 0) is 43.9 Å². The van der Waals surface area contributed by atoms with E-state index >= 15 is 0 Å². The first-order chi connectivity index (χ1) is 10.1. The summed E-state index contributed by atoms with van der Waals surface area (Å²) in [6.45, 7) is 2.45. The zero-order chi connectivity index (χ0) is 14.8. The third kappa shape index (κ3) is 2.82. The van der Waals surface area contributed by atoms with Gasteiger partial charge in [-0.1, -0.05) is 17.3 Å². The lowest BCUT2D eigenvalue weighted by Gasteiger charge is -2.35. The normalized spacial score (nSPS) is 18.8. The first kappa shape index (κ1) is 13.8. The summed E-state index contributed by atoms with van der Waals surface area (Å²) in [4.78, 5) is 14.4. The van der Waals surface area contributed by atoms with Crippen LogP contribution in [0.4, 0.5) is 4.39 Å². The van der Waals surface area contributed by atoms with Crippen molar-refractivity contribution in [2.45, 2.75) is 32.2 Å². The highest BCUT2D eigenvalue weighted by Crippen LogP contribution is 2.32. The Labute approximate surface area is 122 Å². The van der Waals surface area contributed by atoms with Crippen LogP contribution in [0.3, 0.4) is 0 Å². The number of aryl methyl sites for hydroxylation is 1. The summed E-state index contributed by atoms with van der Waals surface area (Å²) in [5.41, 5.74) is 1.30. The van der Waals surface area contributed by atoms with Crippen LogP contribution >= 0.6 is 0 Å². The summed E-state index contributed by atoms with van der Waals surface area (Å²) in [7, 11) is 0. The first-order valence-corrected chi connectivity index (χ1v) is 7.15. The summed E-state index contributed by atoms with van der Waals surface area (Å²) >= 11 is 0. The fourth-order valence-corrected chi connectivity index (χ4v) is 2.82. The second-order valence-corrected chi connectivity index (χ2v) is 5.38. The zero-order valence-electron chi connectivity index (χ0n) is 11.9. The summed E-state index contributed by atoms with van der Waals surface area (Å²) in [5.74, 6) is 0.231. The fraction of sp³-hybridized carbons (Fsp3) is 0.375. The second-order valence-electron chi connectivity index (χ2n) is 5.38. The molecule has 2 aromatic rings. The largest absolute Gasteiger partial charge is 0.361 e. The SMILES string of the molecule is Cc1cc(C(=O)N2CCCC[C@@H]2c2ccc(F)cc2)no1. The Bertz CT molecular complexity index is 636. The van der Waals surface area contributed by atoms with Crippen LogP contribution < -0.4 is 0 Å². The first-order valence-electron chi connectivity index (χ1n) is 7.15. The molecule has 0 aliphatic carbocycles. The van der Waals surface area contributed by atoms with E-state index in [2.05, 4.69) is 5.16 Å². The molecule has 1 atom stereocenters. The number of aromatic nitrogens is 1. The molecule has 0 radical (unpaired) electrons. The van der Waals surface area contributed by atoms with Gasteiger partial charge < -0.3 is 9.42 Å². The fourth-order valence-electron chi connectivity index (χ4n) is 2.82. The Kier molecular flexibility index (Phi) is 3.73. The van der Waals surface area contributed by atoms with Crippen molar-refractivity contribution in [3.8, 4) is 0 Å². The van der Waals surface area contributed by atoms with E-state index in [1.54, 1.807) is 25.1 Å². The highest BCUT2D eigenvalue weighted by atomic mass is 19.1. The van der Waals surface area contributed by atoms with Crippen molar-refractivity contribution < 1.29 is 13.7 Å². The predicted octanol–water partition coefficient (Wildman–Crippen LogP) is 3.49. The maximum Gasteiger partial charge on any atom is 0.276 e. The molecule has 1 aliphatic rings. The molecule has 0 N–H and O–H groups in total. The highest BCUT2D eigenvalue weighted by Gasteiger charge is 2.30. The van der Waals surface area contributed by atoms with Gasteiger partial charge in [-0.2, -0.15) is 0 Å². The number of halogens is 1. The molecule has 1 aromatic heterocycles. The molecule has 0 saturated carbocycles. The smallest absolute Gasteiger partial charge is 0.276 e. The molecule has 3 rings (SSSR count). The molecule has 1 fully saturated rings. The minimum absolute atomic E-state index is 0.0242. The molecule has 0 unspecified atom stereocenters. The quantitative estimate of drug-likeness (QED) is 0.849. The van der Waals surface area contributed by atoms with Crippen LogP contribution in [0.1, 0.15) is 47.1 Å².